The zero-order valence-corrected chi connectivity index (χ0v) is 7.01. The average molecular weight is 177 g/mol. The Hall–Kier alpha value is -0.510. The molecule has 0 aromatic carbocycles. The minimum atomic E-state index is 0. The molecule has 0 spiro atoms. The van der Waals surface area contributed by atoms with Crippen LogP contribution in [0.5, 0.6) is 0 Å². The number of hydrogen-bond acceptors (Lipinski definition) is 3. The van der Waals surface area contributed by atoms with Gasteiger partial charge in [0.1, 0.15) is 0 Å². The van der Waals surface area contributed by atoms with Crippen LogP contribution in [-0.2, 0) is 0 Å². The minimum absolute atomic E-state index is 0. The molecule has 11 heavy (non-hydrogen) atoms. The molecule has 0 radical (unpaired) electrons. The molecule has 1 heterocycles. The van der Waals surface area contributed by atoms with Gasteiger partial charge in [0.15, 0.2) is 0 Å². The van der Waals surface area contributed by atoms with Crippen molar-refractivity contribution in [1.82, 2.24) is 0 Å². The molecule has 0 bridgehead atoms. The van der Waals surface area contributed by atoms with Crippen molar-refractivity contribution < 1.29 is 4.42 Å². The van der Waals surface area contributed by atoms with Crippen molar-refractivity contribution in [1.29, 1.82) is 0 Å². The Morgan fingerprint density at radius 3 is 2.73 bits per heavy atom. The molecule has 1 rings (SSSR count). The smallest absolute Gasteiger partial charge is 0.0950 e. The Bertz CT molecular complexity index is 177. The molecule has 0 fully saturated rings. The third-order valence-electron chi connectivity index (χ3n) is 1.45. The first kappa shape index (κ1) is 10.5. The quantitative estimate of drug-likeness (QED) is 0.724. The summed E-state index contributed by atoms with van der Waals surface area (Å²) in [5, 5.41) is 0. The zero-order valence-electron chi connectivity index (χ0n) is 6.19. The summed E-state index contributed by atoms with van der Waals surface area (Å²) < 4.78 is 4.86. The van der Waals surface area contributed by atoms with Crippen LogP contribution in [0.25, 0.3) is 0 Å². The van der Waals surface area contributed by atoms with Gasteiger partial charge in [0, 0.05) is 11.6 Å². The Morgan fingerprint density at radius 2 is 2.27 bits per heavy atom. The number of halogens is 1. The van der Waals surface area contributed by atoms with Crippen LogP contribution in [0.15, 0.2) is 23.0 Å². The molecule has 3 nitrogen and oxygen atoms in total. The summed E-state index contributed by atoms with van der Waals surface area (Å²) in [5.41, 5.74) is 12.1. The highest BCUT2D eigenvalue weighted by atomic mass is 35.5. The van der Waals surface area contributed by atoms with E-state index in [0.29, 0.717) is 6.54 Å². The van der Waals surface area contributed by atoms with Crippen molar-refractivity contribution in [3.63, 3.8) is 0 Å². The lowest BCUT2D eigenvalue weighted by molar-refractivity contribution is 0.555. The normalized spacial score (nSPS) is 12.2. The highest BCUT2D eigenvalue weighted by Gasteiger charge is 2.04. The fourth-order valence-corrected chi connectivity index (χ4v) is 0.832. The number of hydrogen-bond donors (Lipinski definition) is 2. The molecule has 0 unspecified atom stereocenters. The van der Waals surface area contributed by atoms with Gasteiger partial charge in [0.2, 0.25) is 0 Å². The third-order valence-corrected chi connectivity index (χ3v) is 1.45. The van der Waals surface area contributed by atoms with Gasteiger partial charge in [0.05, 0.1) is 12.5 Å². The number of furan rings is 1. The van der Waals surface area contributed by atoms with Gasteiger partial charge < -0.3 is 15.9 Å². The van der Waals surface area contributed by atoms with Crippen molar-refractivity contribution in [2.24, 2.45) is 11.5 Å². The Morgan fingerprint density at radius 1 is 1.55 bits per heavy atom. The van der Waals surface area contributed by atoms with Crippen molar-refractivity contribution in [2.75, 3.05) is 6.54 Å². The lowest BCUT2D eigenvalue weighted by atomic mass is 10.1. The SMILES string of the molecule is Cl.NCC[C@H](N)c1ccoc1. The second-order valence-corrected chi connectivity index (χ2v) is 2.24. The van der Waals surface area contributed by atoms with Gasteiger partial charge in [-0.1, -0.05) is 0 Å². The van der Waals surface area contributed by atoms with Gasteiger partial charge in [-0.2, -0.15) is 0 Å². The molecule has 1 aromatic heterocycles. The van der Waals surface area contributed by atoms with Crippen LogP contribution in [-0.4, -0.2) is 6.54 Å². The standard InChI is InChI=1S/C7H12N2O.ClH/c8-3-1-7(9)6-2-4-10-5-6;/h2,4-5,7H,1,3,8-9H2;1H/t7-;/m0./s1. The maximum atomic E-state index is 5.71. The summed E-state index contributed by atoms with van der Waals surface area (Å²) in [5.74, 6) is 0. The minimum Gasteiger partial charge on any atom is -0.472 e. The average Bonchev–Trinajstić information content (AvgIpc) is 2.38. The fourth-order valence-electron chi connectivity index (χ4n) is 0.832. The van der Waals surface area contributed by atoms with Crippen LogP contribution in [0.3, 0.4) is 0 Å². The summed E-state index contributed by atoms with van der Waals surface area (Å²) in [7, 11) is 0. The molecule has 0 aliphatic rings. The maximum Gasteiger partial charge on any atom is 0.0950 e. The molecule has 4 heteroatoms. The summed E-state index contributed by atoms with van der Waals surface area (Å²) in [4.78, 5) is 0. The summed E-state index contributed by atoms with van der Waals surface area (Å²) in [6.07, 6.45) is 4.07. The monoisotopic (exact) mass is 176 g/mol. The maximum absolute atomic E-state index is 5.71. The largest absolute Gasteiger partial charge is 0.472 e. The van der Waals surface area contributed by atoms with Crippen molar-refractivity contribution in [3.05, 3.63) is 24.2 Å². The molecule has 1 aromatic rings. The molecule has 64 valence electrons. The molecular formula is C7H13ClN2O. The van der Waals surface area contributed by atoms with E-state index in [-0.39, 0.29) is 18.4 Å². The van der Waals surface area contributed by atoms with Crippen molar-refractivity contribution >= 4 is 12.4 Å². The third kappa shape index (κ3) is 2.93. The van der Waals surface area contributed by atoms with E-state index < -0.39 is 0 Å². The van der Waals surface area contributed by atoms with E-state index in [2.05, 4.69) is 0 Å². The number of rotatable bonds is 3. The second-order valence-electron chi connectivity index (χ2n) is 2.24. The first-order valence-electron chi connectivity index (χ1n) is 3.32. The van der Waals surface area contributed by atoms with Gasteiger partial charge in [0.25, 0.3) is 0 Å². The summed E-state index contributed by atoms with van der Waals surface area (Å²) >= 11 is 0. The van der Waals surface area contributed by atoms with E-state index in [1.807, 2.05) is 6.07 Å². The van der Waals surface area contributed by atoms with E-state index in [1.54, 1.807) is 12.5 Å². The number of nitrogens with two attached hydrogens (primary N) is 2. The van der Waals surface area contributed by atoms with Crippen LogP contribution in [0.1, 0.15) is 18.0 Å². The van der Waals surface area contributed by atoms with E-state index >= 15 is 0 Å². The summed E-state index contributed by atoms with van der Waals surface area (Å²) in [6.45, 7) is 0.617. The van der Waals surface area contributed by atoms with E-state index in [0.717, 1.165) is 12.0 Å². The second kappa shape index (κ2) is 5.18. The van der Waals surface area contributed by atoms with Crippen LogP contribution < -0.4 is 11.5 Å². The Kier molecular flexibility index (Phi) is 4.94. The highest BCUT2D eigenvalue weighted by molar-refractivity contribution is 5.85. The lowest BCUT2D eigenvalue weighted by Gasteiger charge is -2.05. The van der Waals surface area contributed by atoms with Crippen LogP contribution in [0, 0.1) is 0 Å². The van der Waals surface area contributed by atoms with Crippen LogP contribution >= 0.6 is 12.4 Å². The molecular weight excluding hydrogens is 164 g/mol. The first-order chi connectivity index (χ1) is 4.84. The lowest BCUT2D eigenvalue weighted by Crippen LogP contribution is -2.14. The predicted molar refractivity (Wildman–Crippen MR) is 46.6 cm³/mol. The first-order valence-corrected chi connectivity index (χ1v) is 3.32. The predicted octanol–water partition coefficient (Wildman–Crippen LogP) is 1.05. The van der Waals surface area contributed by atoms with Gasteiger partial charge in [-0.25, -0.2) is 0 Å². The van der Waals surface area contributed by atoms with Crippen molar-refractivity contribution in [2.45, 2.75) is 12.5 Å². The van der Waals surface area contributed by atoms with E-state index in [1.165, 1.54) is 0 Å². The summed E-state index contributed by atoms with van der Waals surface area (Å²) in [6, 6.07) is 1.89. The topological polar surface area (TPSA) is 65.2 Å². The van der Waals surface area contributed by atoms with Gasteiger partial charge in [-0.3, -0.25) is 0 Å². The molecule has 4 N–H and O–H groups in total. The van der Waals surface area contributed by atoms with Gasteiger partial charge >= 0.3 is 0 Å². The van der Waals surface area contributed by atoms with E-state index in [9.17, 15) is 0 Å². The molecule has 0 aliphatic heterocycles. The van der Waals surface area contributed by atoms with Gasteiger partial charge in [-0.05, 0) is 19.0 Å². The highest BCUT2D eigenvalue weighted by Crippen LogP contribution is 2.12. The zero-order chi connectivity index (χ0) is 7.40. The Labute approximate surface area is 72.2 Å². The molecule has 0 amide bonds. The molecule has 0 aliphatic carbocycles. The Balaban J connectivity index is 0.000001000. The van der Waals surface area contributed by atoms with Crippen LogP contribution in [0.4, 0.5) is 0 Å². The van der Waals surface area contributed by atoms with Crippen LogP contribution in [0.2, 0.25) is 0 Å². The molecule has 0 saturated heterocycles. The molecule has 1 atom stereocenters. The molecule has 0 saturated carbocycles. The van der Waals surface area contributed by atoms with Crippen molar-refractivity contribution in [3.8, 4) is 0 Å². The van der Waals surface area contributed by atoms with E-state index in [4.69, 9.17) is 15.9 Å². The fraction of sp³-hybridized carbons (Fsp3) is 0.429. The van der Waals surface area contributed by atoms with Gasteiger partial charge in [-0.15, -0.1) is 12.4 Å².